The largest absolute Gasteiger partial charge is 0.481 e. The van der Waals surface area contributed by atoms with Crippen LogP contribution in [-0.2, 0) is 9.59 Å². The highest BCUT2D eigenvalue weighted by Crippen LogP contribution is 2.04. The third kappa shape index (κ3) is 4.81. The molecule has 0 heterocycles. The minimum Gasteiger partial charge on any atom is -0.481 e. The lowest BCUT2D eigenvalue weighted by molar-refractivity contribution is -0.137. The Labute approximate surface area is 83.7 Å². The van der Waals surface area contributed by atoms with Crippen LogP contribution in [0.5, 0.6) is 0 Å². The van der Waals surface area contributed by atoms with Crippen molar-refractivity contribution in [3.05, 3.63) is 0 Å². The van der Waals surface area contributed by atoms with Crippen molar-refractivity contribution in [3.63, 3.8) is 0 Å². The third-order valence-corrected chi connectivity index (χ3v) is 2.20. The van der Waals surface area contributed by atoms with Gasteiger partial charge in [-0.3, -0.25) is 9.59 Å². The van der Waals surface area contributed by atoms with Gasteiger partial charge in [-0.1, -0.05) is 20.3 Å². The number of amides is 1. The van der Waals surface area contributed by atoms with E-state index in [1.165, 1.54) is 0 Å². The average Bonchev–Trinajstić information content (AvgIpc) is 2.14. The quantitative estimate of drug-likeness (QED) is 0.563. The van der Waals surface area contributed by atoms with Crippen LogP contribution in [-0.4, -0.2) is 29.6 Å². The van der Waals surface area contributed by atoms with E-state index in [1.807, 2.05) is 13.8 Å². The zero-order valence-corrected chi connectivity index (χ0v) is 8.62. The number of carboxylic acid groups (broad SMARTS) is 1. The number of carbonyl (C=O) groups is 2. The van der Waals surface area contributed by atoms with E-state index in [1.54, 1.807) is 0 Å². The van der Waals surface area contributed by atoms with E-state index in [4.69, 9.17) is 10.8 Å². The zero-order chi connectivity index (χ0) is 11.1. The first-order chi connectivity index (χ1) is 6.49. The Bertz CT molecular complexity index is 206. The number of nitrogens with two attached hydrogens (primary N) is 1. The maximum absolute atomic E-state index is 11.3. The first-order valence-electron chi connectivity index (χ1n) is 4.74. The summed E-state index contributed by atoms with van der Waals surface area (Å²) in [5.74, 6) is -1.09. The lowest BCUT2D eigenvalue weighted by atomic mass is 9.99. The van der Waals surface area contributed by atoms with Gasteiger partial charge >= 0.3 is 5.97 Å². The van der Waals surface area contributed by atoms with E-state index < -0.39 is 12.0 Å². The third-order valence-electron chi connectivity index (χ3n) is 2.20. The Morgan fingerprint density at radius 3 is 2.50 bits per heavy atom. The maximum Gasteiger partial charge on any atom is 0.305 e. The van der Waals surface area contributed by atoms with Crippen LogP contribution in [0.15, 0.2) is 0 Å². The predicted octanol–water partition coefficient (Wildman–Crippen LogP) is -0.0493. The van der Waals surface area contributed by atoms with Gasteiger partial charge in [0.2, 0.25) is 5.91 Å². The molecule has 4 N–H and O–H groups in total. The number of carboxylic acids is 1. The van der Waals surface area contributed by atoms with E-state index in [-0.39, 0.29) is 24.8 Å². The van der Waals surface area contributed by atoms with Gasteiger partial charge < -0.3 is 16.2 Å². The number of rotatable bonds is 6. The summed E-state index contributed by atoms with van der Waals surface area (Å²) in [4.78, 5) is 21.5. The summed E-state index contributed by atoms with van der Waals surface area (Å²) in [6, 6.07) is -0.547. The Morgan fingerprint density at radius 1 is 1.50 bits per heavy atom. The molecule has 5 nitrogen and oxygen atoms in total. The Kier molecular flexibility index (Phi) is 5.87. The molecule has 0 unspecified atom stereocenters. The van der Waals surface area contributed by atoms with Gasteiger partial charge in [0.1, 0.15) is 0 Å². The van der Waals surface area contributed by atoms with Crippen molar-refractivity contribution in [1.29, 1.82) is 0 Å². The number of nitrogens with one attached hydrogen (secondary N) is 1. The fourth-order valence-corrected chi connectivity index (χ4v) is 0.923. The highest BCUT2D eigenvalue weighted by atomic mass is 16.4. The van der Waals surface area contributed by atoms with Gasteiger partial charge in [-0.15, -0.1) is 0 Å². The van der Waals surface area contributed by atoms with Gasteiger partial charge in [0.05, 0.1) is 12.5 Å². The molecular formula is C9H18N2O3. The molecule has 0 spiro atoms. The zero-order valence-electron chi connectivity index (χ0n) is 8.62. The first-order valence-corrected chi connectivity index (χ1v) is 4.74. The van der Waals surface area contributed by atoms with Crippen molar-refractivity contribution in [2.45, 2.75) is 32.7 Å². The van der Waals surface area contributed by atoms with Crippen molar-refractivity contribution in [1.82, 2.24) is 5.32 Å². The molecule has 0 aliphatic carbocycles. The predicted molar refractivity (Wildman–Crippen MR) is 52.7 cm³/mol. The van der Waals surface area contributed by atoms with Crippen LogP contribution in [0.1, 0.15) is 26.7 Å². The lowest BCUT2D eigenvalue weighted by Crippen LogP contribution is -2.45. The highest BCUT2D eigenvalue weighted by molar-refractivity contribution is 5.82. The van der Waals surface area contributed by atoms with E-state index in [0.29, 0.717) is 0 Å². The van der Waals surface area contributed by atoms with Crippen molar-refractivity contribution < 1.29 is 14.7 Å². The standard InChI is InChI=1S/C9H18N2O3/c1-3-6(2)8(10)9(14)11-5-4-7(12)13/h6,8H,3-5,10H2,1-2H3,(H,11,14)(H,12,13)/t6-,8-/m0/s1. The van der Waals surface area contributed by atoms with Gasteiger partial charge in [0.15, 0.2) is 0 Å². The van der Waals surface area contributed by atoms with Crippen LogP contribution in [0.2, 0.25) is 0 Å². The normalized spacial score (nSPS) is 14.5. The summed E-state index contributed by atoms with van der Waals surface area (Å²) in [7, 11) is 0. The summed E-state index contributed by atoms with van der Waals surface area (Å²) >= 11 is 0. The second kappa shape index (κ2) is 6.37. The molecule has 14 heavy (non-hydrogen) atoms. The molecule has 0 aliphatic heterocycles. The summed E-state index contributed by atoms with van der Waals surface area (Å²) in [5.41, 5.74) is 5.63. The monoisotopic (exact) mass is 202 g/mol. The summed E-state index contributed by atoms with van der Waals surface area (Å²) < 4.78 is 0. The van der Waals surface area contributed by atoms with E-state index in [0.717, 1.165) is 6.42 Å². The van der Waals surface area contributed by atoms with Crippen LogP contribution in [0.3, 0.4) is 0 Å². The Balaban J connectivity index is 3.78. The molecule has 82 valence electrons. The molecule has 0 saturated heterocycles. The van der Waals surface area contributed by atoms with Crippen molar-refractivity contribution in [2.24, 2.45) is 11.7 Å². The fourth-order valence-electron chi connectivity index (χ4n) is 0.923. The minimum absolute atomic E-state index is 0.0705. The molecule has 0 fully saturated rings. The molecule has 0 saturated carbocycles. The van der Waals surface area contributed by atoms with Gasteiger partial charge in [-0.05, 0) is 5.92 Å². The summed E-state index contributed by atoms with van der Waals surface area (Å²) in [6.07, 6.45) is 0.756. The number of aliphatic carboxylic acids is 1. The molecule has 5 heteroatoms. The Hall–Kier alpha value is -1.10. The maximum atomic E-state index is 11.3. The number of hydrogen-bond donors (Lipinski definition) is 3. The van der Waals surface area contributed by atoms with Crippen LogP contribution in [0.4, 0.5) is 0 Å². The second-order valence-electron chi connectivity index (χ2n) is 3.35. The summed E-state index contributed by atoms with van der Waals surface area (Å²) in [5, 5.41) is 10.8. The molecule has 1 amide bonds. The fraction of sp³-hybridized carbons (Fsp3) is 0.778. The second-order valence-corrected chi connectivity index (χ2v) is 3.35. The van der Waals surface area contributed by atoms with Crippen LogP contribution in [0, 0.1) is 5.92 Å². The van der Waals surface area contributed by atoms with Gasteiger partial charge in [0.25, 0.3) is 0 Å². The molecular weight excluding hydrogens is 184 g/mol. The van der Waals surface area contributed by atoms with E-state index in [2.05, 4.69) is 5.32 Å². The summed E-state index contributed by atoms with van der Waals surface area (Å²) in [6.45, 7) is 3.98. The first kappa shape index (κ1) is 12.9. The minimum atomic E-state index is -0.928. The van der Waals surface area contributed by atoms with Crippen molar-refractivity contribution in [3.8, 4) is 0 Å². The van der Waals surface area contributed by atoms with Gasteiger partial charge in [-0.2, -0.15) is 0 Å². The highest BCUT2D eigenvalue weighted by Gasteiger charge is 2.18. The molecule has 0 bridgehead atoms. The van der Waals surface area contributed by atoms with Crippen molar-refractivity contribution >= 4 is 11.9 Å². The van der Waals surface area contributed by atoms with Crippen LogP contribution >= 0.6 is 0 Å². The molecule has 0 aliphatic rings. The molecule has 0 rings (SSSR count). The van der Waals surface area contributed by atoms with E-state index >= 15 is 0 Å². The van der Waals surface area contributed by atoms with Crippen LogP contribution in [0.25, 0.3) is 0 Å². The van der Waals surface area contributed by atoms with Gasteiger partial charge in [-0.25, -0.2) is 0 Å². The van der Waals surface area contributed by atoms with Crippen LogP contribution < -0.4 is 11.1 Å². The molecule has 0 aromatic heterocycles. The number of hydrogen-bond acceptors (Lipinski definition) is 3. The lowest BCUT2D eigenvalue weighted by Gasteiger charge is -2.17. The Morgan fingerprint density at radius 2 is 2.07 bits per heavy atom. The molecule has 2 atom stereocenters. The molecule has 0 aromatic carbocycles. The molecule has 0 aromatic rings. The average molecular weight is 202 g/mol. The van der Waals surface area contributed by atoms with E-state index in [9.17, 15) is 9.59 Å². The topological polar surface area (TPSA) is 92.4 Å². The van der Waals surface area contributed by atoms with Gasteiger partial charge in [0, 0.05) is 6.54 Å². The SMILES string of the molecule is CC[C@H](C)[C@H](N)C(=O)NCCC(=O)O. The molecule has 0 radical (unpaired) electrons. The van der Waals surface area contributed by atoms with Crippen molar-refractivity contribution in [2.75, 3.05) is 6.54 Å². The smallest absolute Gasteiger partial charge is 0.305 e. The number of carbonyl (C=O) groups excluding carboxylic acids is 1.